The van der Waals surface area contributed by atoms with E-state index in [2.05, 4.69) is 15.5 Å². The van der Waals surface area contributed by atoms with Crippen LogP contribution in [0.3, 0.4) is 0 Å². The summed E-state index contributed by atoms with van der Waals surface area (Å²) in [6.45, 7) is -0.105. The molecule has 0 bridgehead atoms. The average Bonchev–Trinajstić information content (AvgIpc) is 3.29. The van der Waals surface area contributed by atoms with Gasteiger partial charge in [0.15, 0.2) is 18.2 Å². The smallest absolute Gasteiger partial charge is 0.293 e. The van der Waals surface area contributed by atoms with Crippen LogP contribution in [0.5, 0.6) is 5.75 Å². The van der Waals surface area contributed by atoms with E-state index in [0.29, 0.717) is 22.9 Å². The summed E-state index contributed by atoms with van der Waals surface area (Å²) < 4.78 is 15.5. The van der Waals surface area contributed by atoms with Crippen LogP contribution in [0.2, 0.25) is 0 Å². The summed E-state index contributed by atoms with van der Waals surface area (Å²) in [5.41, 5.74) is 5.51. The van der Waals surface area contributed by atoms with E-state index in [4.69, 9.17) is 19.4 Å². The molecule has 3 N–H and O–H groups in total. The van der Waals surface area contributed by atoms with Crippen LogP contribution in [-0.2, 0) is 11.3 Å². The maximum atomic E-state index is 11.8. The highest BCUT2D eigenvalue weighted by molar-refractivity contribution is 5.92. The van der Waals surface area contributed by atoms with Gasteiger partial charge in [-0.1, -0.05) is 5.16 Å². The Bertz CT molecular complexity index is 855. The van der Waals surface area contributed by atoms with E-state index in [-0.39, 0.29) is 24.9 Å². The first kappa shape index (κ1) is 16.2. The lowest BCUT2D eigenvalue weighted by molar-refractivity contribution is -0.123. The van der Waals surface area contributed by atoms with E-state index >= 15 is 0 Å². The van der Waals surface area contributed by atoms with Crippen molar-refractivity contribution < 1.29 is 23.3 Å². The number of amides is 2. The fraction of sp³-hybridized carbons (Fsp3) is 0.125. The molecule has 0 aliphatic carbocycles. The molecule has 1 aromatic carbocycles. The van der Waals surface area contributed by atoms with E-state index in [1.54, 1.807) is 24.3 Å². The number of furan rings is 1. The standard InChI is InChI=1S/C16H14N4O5/c17-15(22)10-3-5-11(6-4-10)24-9-14(21)18-8-13-19-16(25-20-13)12-2-1-7-23-12/h1-7H,8-9H2,(H2,17,22)(H,18,21). The van der Waals surface area contributed by atoms with E-state index in [9.17, 15) is 9.59 Å². The predicted molar refractivity (Wildman–Crippen MR) is 84.3 cm³/mol. The van der Waals surface area contributed by atoms with Crippen LogP contribution in [0.25, 0.3) is 11.7 Å². The van der Waals surface area contributed by atoms with Crippen LogP contribution in [-0.4, -0.2) is 28.6 Å². The van der Waals surface area contributed by atoms with Crippen molar-refractivity contribution in [3.63, 3.8) is 0 Å². The molecule has 25 heavy (non-hydrogen) atoms. The van der Waals surface area contributed by atoms with Crippen LogP contribution < -0.4 is 15.8 Å². The molecule has 0 unspecified atom stereocenters. The molecule has 2 amide bonds. The van der Waals surface area contributed by atoms with Gasteiger partial charge in [0.2, 0.25) is 5.91 Å². The van der Waals surface area contributed by atoms with Gasteiger partial charge in [0, 0.05) is 5.56 Å². The molecular weight excluding hydrogens is 328 g/mol. The van der Waals surface area contributed by atoms with E-state index < -0.39 is 5.91 Å². The van der Waals surface area contributed by atoms with Crippen molar-refractivity contribution in [3.8, 4) is 17.4 Å². The molecular formula is C16H14N4O5. The molecule has 128 valence electrons. The summed E-state index contributed by atoms with van der Waals surface area (Å²) in [5.74, 6) is 0.555. The Balaban J connectivity index is 1.46. The molecule has 0 atom stereocenters. The van der Waals surface area contributed by atoms with E-state index in [0.717, 1.165) is 0 Å². The number of aromatic nitrogens is 2. The van der Waals surface area contributed by atoms with Gasteiger partial charge in [-0.15, -0.1) is 0 Å². The maximum Gasteiger partial charge on any atom is 0.293 e. The molecule has 3 aromatic rings. The summed E-state index contributed by atoms with van der Waals surface area (Å²) >= 11 is 0. The van der Waals surface area contributed by atoms with Crippen LogP contribution >= 0.6 is 0 Å². The predicted octanol–water partition coefficient (Wildman–Crippen LogP) is 1.12. The number of nitrogens with zero attached hydrogens (tertiary/aromatic N) is 2. The lowest BCUT2D eigenvalue weighted by Gasteiger charge is -2.06. The molecule has 2 heterocycles. The number of ether oxygens (including phenoxy) is 1. The molecule has 0 aliphatic heterocycles. The molecule has 0 fully saturated rings. The normalized spacial score (nSPS) is 10.4. The quantitative estimate of drug-likeness (QED) is 0.657. The third-order valence-corrected chi connectivity index (χ3v) is 3.15. The molecule has 2 aromatic heterocycles. The van der Waals surface area contributed by atoms with Gasteiger partial charge in [-0.05, 0) is 36.4 Å². The minimum absolute atomic E-state index is 0.0903. The van der Waals surface area contributed by atoms with Crippen molar-refractivity contribution >= 4 is 11.8 Å². The number of rotatable bonds is 7. The van der Waals surface area contributed by atoms with E-state index in [1.165, 1.54) is 18.4 Å². The second-order valence-corrected chi connectivity index (χ2v) is 4.95. The first-order chi connectivity index (χ1) is 12.1. The van der Waals surface area contributed by atoms with Gasteiger partial charge in [-0.3, -0.25) is 9.59 Å². The van der Waals surface area contributed by atoms with Gasteiger partial charge in [-0.25, -0.2) is 0 Å². The Kier molecular flexibility index (Phi) is 4.74. The Morgan fingerprint density at radius 3 is 2.68 bits per heavy atom. The average molecular weight is 342 g/mol. The van der Waals surface area contributed by atoms with Gasteiger partial charge in [-0.2, -0.15) is 4.98 Å². The van der Waals surface area contributed by atoms with Crippen molar-refractivity contribution in [2.45, 2.75) is 6.54 Å². The molecule has 0 aliphatic rings. The first-order valence-electron chi connectivity index (χ1n) is 7.27. The minimum Gasteiger partial charge on any atom is -0.484 e. The lowest BCUT2D eigenvalue weighted by atomic mass is 10.2. The summed E-state index contributed by atoms with van der Waals surface area (Å²) in [7, 11) is 0. The minimum atomic E-state index is -0.529. The summed E-state index contributed by atoms with van der Waals surface area (Å²) in [6.07, 6.45) is 1.49. The highest BCUT2D eigenvalue weighted by Crippen LogP contribution is 2.16. The number of hydrogen-bond acceptors (Lipinski definition) is 7. The van der Waals surface area contributed by atoms with Crippen molar-refractivity contribution in [1.29, 1.82) is 0 Å². The zero-order valence-corrected chi connectivity index (χ0v) is 13.0. The lowest BCUT2D eigenvalue weighted by Crippen LogP contribution is -2.28. The van der Waals surface area contributed by atoms with Gasteiger partial charge in [0.05, 0.1) is 12.8 Å². The van der Waals surface area contributed by atoms with Gasteiger partial charge >= 0.3 is 0 Å². The second kappa shape index (κ2) is 7.30. The number of benzene rings is 1. The molecule has 9 nitrogen and oxygen atoms in total. The molecule has 0 radical (unpaired) electrons. The van der Waals surface area contributed by atoms with Crippen LogP contribution in [0.4, 0.5) is 0 Å². The molecule has 3 rings (SSSR count). The van der Waals surface area contributed by atoms with Crippen molar-refractivity contribution in [1.82, 2.24) is 15.5 Å². The summed E-state index contributed by atoms with van der Waals surface area (Å²) in [6, 6.07) is 9.54. The molecule has 0 saturated carbocycles. The van der Waals surface area contributed by atoms with Crippen molar-refractivity contribution in [2.75, 3.05) is 6.61 Å². The Hall–Kier alpha value is -3.62. The fourth-order valence-electron chi connectivity index (χ4n) is 1.92. The topological polar surface area (TPSA) is 133 Å². The number of nitrogens with two attached hydrogens (primary N) is 1. The summed E-state index contributed by atoms with van der Waals surface area (Å²) in [4.78, 5) is 26.9. The zero-order chi connectivity index (χ0) is 17.6. The largest absolute Gasteiger partial charge is 0.484 e. The maximum absolute atomic E-state index is 11.8. The molecule has 0 spiro atoms. The zero-order valence-electron chi connectivity index (χ0n) is 13.0. The molecule has 0 saturated heterocycles. The molecule has 9 heteroatoms. The van der Waals surface area contributed by atoms with Crippen LogP contribution in [0.1, 0.15) is 16.2 Å². The third-order valence-electron chi connectivity index (χ3n) is 3.15. The first-order valence-corrected chi connectivity index (χ1v) is 7.27. The number of hydrogen-bond donors (Lipinski definition) is 2. The van der Waals surface area contributed by atoms with Gasteiger partial charge in [0.25, 0.3) is 11.8 Å². The van der Waals surface area contributed by atoms with E-state index in [1.807, 2.05) is 0 Å². The number of carbonyl (C=O) groups excluding carboxylic acids is 2. The number of primary amides is 1. The van der Waals surface area contributed by atoms with Crippen molar-refractivity contribution in [3.05, 3.63) is 54.0 Å². The third kappa shape index (κ3) is 4.22. The Labute approximate surface area is 141 Å². The fourth-order valence-corrected chi connectivity index (χ4v) is 1.92. The highest BCUT2D eigenvalue weighted by atomic mass is 16.5. The summed E-state index contributed by atoms with van der Waals surface area (Å²) in [5, 5.41) is 6.35. The number of carbonyl (C=O) groups is 2. The second-order valence-electron chi connectivity index (χ2n) is 4.95. The SMILES string of the molecule is NC(=O)c1ccc(OCC(=O)NCc2noc(-c3ccco3)n2)cc1. The number of nitrogens with one attached hydrogen (secondary N) is 1. The Morgan fingerprint density at radius 1 is 1.20 bits per heavy atom. The Morgan fingerprint density at radius 2 is 2.00 bits per heavy atom. The highest BCUT2D eigenvalue weighted by Gasteiger charge is 2.12. The monoisotopic (exact) mass is 342 g/mol. The van der Waals surface area contributed by atoms with Crippen LogP contribution in [0, 0.1) is 0 Å². The van der Waals surface area contributed by atoms with Gasteiger partial charge < -0.3 is 24.7 Å². The van der Waals surface area contributed by atoms with Crippen LogP contribution in [0.15, 0.2) is 51.6 Å². The van der Waals surface area contributed by atoms with Crippen molar-refractivity contribution in [2.24, 2.45) is 5.73 Å². The van der Waals surface area contributed by atoms with Gasteiger partial charge in [0.1, 0.15) is 5.75 Å².